The Morgan fingerprint density at radius 3 is 2.89 bits per heavy atom. The predicted molar refractivity (Wildman–Crippen MR) is 71.8 cm³/mol. The quantitative estimate of drug-likeness (QED) is 0.931. The van der Waals surface area contributed by atoms with Crippen LogP contribution in [0.15, 0.2) is 15.4 Å². The molecule has 4 heterocycles. The summed E-state index contributed by atoms with van der Waals surface area (Å²) in [6.45, 7) is 0. The first-order valence-corrected chi connectivity index (χ1v) is 7.78. The maximum absolute atomic E-state index is 5.37. The monoisotopic (exact) mass is 276 g/mol. The third-order valence-corrected chi connectivity index (χ3v) is 4.75. The zero-order valence-electron chi connectivity index (χ0n) is 10.6. The van der Waals surface area contributed by atoms with E-state index in [1.54, 1.807) is 16.8 Å². The summed E-state index contributed by atoms with van der Waals surface area (Å²) < 4.78 is 5.37. The van der Waals surface area contributed by atoms with Crippen LogP contribution in [0.5, 0.6) is 0 Å². The molecule has 2 aromatic heterocycles. The van der Waals surface area contributed by atoms with Crippen molar-refractivity contribution in [2.75, 3.05) is 0 Å². The third-order valence-electron chi connectivity index (χ3n) is 4.16. The molecule has 0 spiro atoms. The molecule has 4 rings (SSSR count). The maximum atomic E-state index is 5.37. The van der Waals surface area contributed by atoms with Crippen LogP contribution in [0, 0.1) is 5.92 Å². The van der Waals surface area contributed by atoms with E-state index in [0.29, 0.717) is 23.8 Å². The van der Waals surface area contributed by atoms with E-state index in [1.807, 2.05) is 5.38 Å². The first-order chi connectivity index (χ1) is 9.37. The Bertz CT molecular complexity index is 541. The van der Waals surface area contributed by atoms with Crippen molar-refractivity contribution in [2.24, 2.45) is 5.92 Å². The molecule has 2 aliphatic rings. The lowest BCUT2D eigenvalue weighted by Gasteiger charge is -2.27. The minimum Gasteiger partial charge on any atom is -0.339 e. The third kappa shape index (κ3) is 2.30. The highest BCUT2D eigenvalue weighted by atomic mass is 32.1. The molecule has 0 saturated carbocycles. The Kier molecular flexibility index (Phi) is 2.85. The molecule has 0 radical (unpaired) electrons. The zero-order chi connectivity index (χ0) is 12.7. The summed E-state index contributed by atoms with van der Waals surface area (Å²) in [7, 11) is 0. The molecule has 2 aliphatic heterocycles. The van der Waals surface area contributed by atoms with Crippen LogP contribution in [-0.2, 0) is 6.42 Å². The van der Waals surface area contributed by atoms with Gasteiger partial charge in [0.2, 0.25) is 11.7 Å². The molecule has 6 heteroatoms. The van der Waals surface area contributed by atoms with E-state index in [4.69, 9.17) is 4.52 Å². The number of hydrogen-bond donors (Lipinski definition) is 1. The fourth-order valence-electron chi connectivity index (χ4n) is 3.35. The minimum absolute atomic E-state index is 0.619. The van der Waals surface area contributed by atoms with E-state index in [1.165, 1.54) is 25.7 Å². The van der Waals surface area contributed by atoms with Gasteiger partial charge in [-0.2, -0.15) is 4.98 Å². The summed E-state index contributed by atoms with van der Waals surface area (Å²) in [6.07, 6.45) is 6.05. The number of hydrogen-bond acceptors (Lipinski definition) is 6. The highest BCUT2D eigenvalue weighted by molar-refractivity contribution is 7.07. The highest BCUT2D eigenvalue weighted by Crippen LogP contribution is 2.32. The van der Waals surface area contributed by atoms with Crippen LogP contribution in [0.1, 0.15) is 31.6 Å². The fourth-order valence-corrected chi connectivity index (χ4v) is 3.88. The molecule has 5 nitrogen and oxygen atoms in total. The number of rotatable bonds is 3. The molecule has 1 N–H and O–H groups in total. The molecule has 2 saturated heterocycles. The summed E-state index contributed by atoms with van der Waals surface area (Å²) in [5, 5.41) is 9.62. The summed E-state index contributed by atoms with van der Waals surface area (Å²) in [6, 6.07) is 1.43. The Labute approximate surface area is 115 Å². The Balaban J connectivity index is 1.46. The van der Waals surface area contributed by atoms with Crippen molar-refractivity contribution < 1.29 is 4.52 Å². The lowest BCUT2D eigenvalue weighted by Crippen LogP contribution is -2.38. The van der Waals surface area contributed by atoms with E-state index in [2.05, 4.69) is 20.4 Å². The van der Waals surface area contributed by atoms with Gasteiger partial charge in [0.15, 0.2) is 0 Å². The molecule has 2 atom stereocenters. The number of piperidine rings is 1. The van der Waals surface area contributed by atoms with Crippen LogP contribution in [0.4, 0.5) is 0 Å². The molecule has 2 unspecified atom stereocenters. The topological polar surface area (TPSA) is 63.8 Å². The van der Waals surface area contributed by atoms with Crippen molar-refractivity contribution >= 4 is 11.3 Å². The van der Waals surface area contributed by atoms with Crippen molar-refractivity contribution in [3.05, 3.63) is 16.8 Å². The van der Waals surface area contributed by atoms with E-state index < -0.39 is 0 Å². The standard InChI is InChI=1S/C13H16N4OS/c1-2-10-4-8(3-9(1)15-10)5-12-16-13(17-18-12)11-6-19-7-14-11/h6-10,15H,1-5H2. The molecule has 2 bridgehead atoms. The van der Waals surface area contributed by atoms with Crippen LogP contribution in [-0.4, -0.2) is 27.2 Å². The zero-order valence-corrected chi connectivity index (χ0v) is 11.4. The molecule has 19 heavy (non-hydrogen) atoms. The minimum atomic E-state index is 0.619. The van der Waals surface area contributed by atoms with E-state index >= 15 is 0 Å². The van der Waals surface area contributed by atoms with Crippen LogP contribution in [0.25, 0.3) is 11.5 Å². The highest BCUT2D eigenvalue weighted by Gasteiger charge is 2.34. The van der Waals surface area contributed by atoms with Gasteiger partial charge in [-0.1, -0.05) is 5.16 Å². The first kappa shape index (κ1) is 11.5. The van der Waals surface area contributed by atoms with Crippen molar-refractivity contribution in [3.8, 4) is 11.5 Å². The van der Waals surface area contributed by atoms with Crippen LogP contribution < -0.4 is 5.32 Å². The number of nitrogens with one attached hydrogen (secondary N) is 1. The Morgan fingerprint density at radius 2 is 2.16 bits per heavy atom. The van der Waals surface area contributed by atoms with Gasteiger partial charge < -0.3 is 9.84 Å². The second-order valence-corrected chi connectivity index (χ2v) is 6.28. The average Bonchev–Trinajstić information content (AvgIpc) is 3.10. The molecule has 2 fully saturated rings. The van der Waals surface area contributed by atoms with Crippen molar-refractivity contribution in [1.82, 2.24) is 20.4 Å². The number of thiazole rings is 1. The molecular weight excluding hydrogens is 260 g/mol. The smallest absolute Gasteiger partial charge is 0.227 e. The van der Waals surface area contributed by atoms with Gasteiger partial charge in [0, 0.05) is 23.9 Å². The van der Waals surface area contributed by atoms with Crippen molar-refractivity contribution in [1.29, 1.82) is 0 Å². The molecular formula is C13H16N4OS. The summed E-state index contributed by atoms with van der Waals surface area (Å²) in [5.41, 5.74) is 2.60. The summed E-state index contributed by atoms with van der Waals surface area (Å²) in [4.78, 5) is 8.67. The largest absolute Gasteiger partial charge is 0.339 e. The predicted octanol–water partition coefficient (Wildman–Crippen LogP) is 2.27. The normalized spacial score (nSPS) is 29.8. The van der Waals surface area contributed by atoms with Gasteiger partial charge in [0.1, 0.15) is 5.69 Å². The maximum Gasteiger partial charge on any atom is 0.227 e. The summed E-state index contributed by atoms with van der Waals surface area (Å²) >= 11 is 1.55. The average molecular weight is 276 g/mol. The van der Waals surface area contributed by atoms with Crippen LogP contribution in [0.2, 0.25) is 0 Å². The second-order valence-electron chi connectivity index (χ2n) is 5.56. The van der Waals surface area contributed by atoms with Crippen molar-refractivity contribution in [3.63, 3.8) is 0 Å². The SMILES string of the molecule is c1nc(-c2noc(CC3CC4CCC(C3)N4)n2)cs1. The number of aromatic nitrogens is 3. The van der Waals surface area contributed by atoms with Crippen LogP contribution >= 0.6 is 11.3 Å². The van der Waals surface area contributed by atoms with Gasteiger partial charge in [-0.25, -0.2) is 4.98 Å². The lowest BCUT2D eigenvalue weighted by atomic mass is 9.90. The first-order valence-electron chi connectivity index (χ1n) is 6.84. The lowest BCUT2D eigenvalue weighted by molar-refractivity contribution is 0.270. The Morgan fingerprint density at radius 1 is 1.32 bits per heavy atom. The fraction of sp³-hybridized carbons (Fsp3) is 0.615. The van der Waals surface area contributed by atoms with Crippen molar-refractivity contribution in [2.45, 2.75) is 44.2 Å². The number of nitrogens with zero attached hydrogens (tertiary/aromatic N) is 3. The molecule has 0 aromatic carbocycles. The van der Waals surface area contributed by atoms with Gasteiger partial charge >= 0.3 is 0 Å². The van der Waals surface area contributed by atoms with E-state index in [-0.39, 0.29) is 0 Å². The van der Waals surface area contributed by atoms with Gasteiger partial charge in [0.05, 0.1) is 5.51 Å². The van der Waals surface area contributed by atoms with Crippen LogP contribution in [0.3, 0.4) is 0 Å². The van der Waals surface area contributed by atoms with E-state index in [9.17, 15) is 0 Å². The Hall–Kier alpha value is -1.27. The molecule has 0 amide bonds. The van der Waals surface area contributed by atoms with Gasteiger partial charge in [0.25, 0.3) is 0 Å². The number of fused-ring (bicyclic) bond motifs is 2. The van der Waals surface area contributed by atoms with E-state index in [0.717, 1.165) is 18.0 Å². The summed E-state index contributed by atoms with van der Waals surface area (Å²) in [5.74, 6) is 2.06. The van der Waals surface area contributed by atoms with Gasteiger partial charge in [-0.15, -0.1) is 11.3 Å². The molecule has 100 valence electrons. The second kappa shape index (κ2) is 4.68. The van der Waals surface area contributed by atoms with Gasteiger partial charge in [-0.05, 0) is 31.6 Å². The molecule has 2 aromatic rings. The van der Waals surface area contributed by atoms with Gasteiger partial charge in [-0.3, -0.25) is 0 Å². The molecule has 0 aliphatic carbocycles.